The zero-order valence-electron chi connectivity index (χ0n) is 19.5. The van der Waals surface area contributed by atoms with Crippen LogP contribution in [-0.2, 0) is 25.2 Å². The number of aliphatic hydroxyl groups is 1. The lowest BCUT2D eigenvalue weighted by Crippen LogP contribution is -2.49. The van der Waals surface area contributed by atoms with E-state index in [0.29, 0.717) is 18.5 Å². The standard InChI is InChI=1S/C20H34N6O5S/c1-19(2,3)16(18(29)25-10-12(27)9-14(25)17(28)21-6)26-11-15(22-24-26)20(4,5)23-32(30,31)13-7-8-13/h11-14,16,23,27H,7-10H2,1-6H3,(H,21,28)/t12?,14?,16-/m1/s1. The third kappa shape index (κ3) is 4.96. The summed E-state index contributed by atoms with van der Waals surface area (Å²) in [5, 5.41) is 20.6. The molecule has 180 valence electrons. The van der Waals surface area contributed by atoms with E-state index in [0.717, 1.165) is 0 Å². The number of likely N-dealkylation sites (tertiary alicyclic amines) is 1. The second-order valence-corrected chi connectivity index (χ2v) is 12.3. The predicted octanol–water partition coefficient (Wildman–Crippen LogP) is -0.110. The molecule has 2 heterocycles. The second kappa shape index (κ2) is 8.38. The quantitative estimate of drug-likeness (QED) is 0.504. The molecule has 1 aromatic heterocycles. The van der Waals surface area contributed by atoms with Crippen LogP contribution in [0.1, 0.15) is 65.6 Å². The van der Waals surface area contributed by atoms with Gasteiger partial charge in [0.1, 0.15) is 17.8 Å². The van der Waals surface area contributed by atoms with Crippen molar-refractivity contribution in [3.8, 4) is 0 Å². The van der Waals surface area contributed by atoms with E-state index in [1.165, 1.54) is 16.6 Å². The third-order valence-electron chi connectivity index (χ3n) is 5.94. The second-order valence-electron chi connectivity index (χ2n) is 10.3. The lowest BCUT2D eigenvalue weighted by Gasteiger charge is -2.34. The van der Waals surface area contributed by atoms with Crippen LogP contribution in [0.5, 0.6) is 0 Å². The summed E-state index contributed by atoms with van der Waals surface area (Å²) in [4.78, 5) is 27.3. The number of hydrogen-bond donors (Lipinski definition) is 3. The molecule has 1 aliphatic heterocycles. The number of sulfonamides is 1. The van der Waals surface area contributed by atoms with Crippen molar-refractivity contribution in [2.24, 2.45) is 5.41 Å². The summed E-state index contributed by atoms with van der Waals surface area (Å²) < 4.78 is 29.0. The van der Waals surface area contributed by atoms with Crippen molar-refractivity contribution in [1.82, 2.24) is 29.9 Å². The molecule has 1 saturated heterocycles. The molecular formula is C20H34N6O5S. The Bertz CT molecular complexity index is 979. The first-order valence-corrected chi connectivity index (χ1v) is 12.4. The van der Waals surface area contributed by atoms with Gasteiger partial charge in [-0.15, -0.1) is 5.10 Å². The molecule has 2 unspecified atom stereocenters. The number of nitrogens with one attached hydrogen (secondary N) is 2. The van der Waals surface area contributed by atoms with Gasteiger partial charge in [-0.2, -0.15) is 0 Å². The number of aliphatic hydroxyl groups excluding tert-OH is 1. The van der Waals surface area contributed by atoms with Crippen molar-refractivity contribution in [1.29, 1.82) is 0 Å². The van der Waals surface area contributed by atoms with Gasteiger partial charge < -0.3 is 15.3 Å². The molecule has 3 N–H and O–H groups in total. The summed E-state index contributed by atoms with van der Waals surface area (Å²) in [6.45, 7) is 9.08. The molecule has 12 heteroatoms. The average molecular weight is 471 g/mol. The summed E-state index contributed by atoms with van der Waals surface area (Å²) in [6, 6.07) is -1.57. The number of amides is 2. The maximum Gasteiger partial charge on any atom is 0.248 e. The monoisotopic (exact) mass is 470 g/mol. The average Bonchev–Trinajstić information content (AvgIpc) is 3.30. The van der Waals surface area contributed by atoms with Crippen molar-refractivity contribution < 1.29 is 23.1 Å². The van der Waals surface area contributed by atoms with Gasteiger partial charge >= 0.3 is 0 Å². The molecule has 0 bridgehead atoms. The molecule has 2 aliphatic rings. The maximum atomic E-state index is 13.6. The molecule has 2 fully saturated rings. The first-order valence-electron chi connectivity index (χ1n) is 10.8. The van der Waals surface area contributed by atoms with E-state index in [1.807, 2.05) is 20.8 Å². The lowest BCUT2D eigenvalue weighted by molar-refractivity contribution is -0.144. The van der Waals surface area contributed by atoms with Gasteiger partial charge in [0.15, 0.2) is 0 Å². The molecular weight excluding hydrogens is 436 g/mol. The van der Waals surface area contributed by atoms with Crippen LogP contribution in [0, 0.1) is 5.41 Å². The highest BCUT2D eigenvalue weighted by Crippen LogP contribution is 2.35. The fourth-order valence-electron chi connectivity index (χ4n) is 4.07. The molecule has 1 saturated carbocycles. The highest BCUT2D eigenvalue weighted by molar-refractivity contribution is 7.90. The van der Waals surface area contributed by atoms with E-state index in [4.69, 9.17) is 0 Å². The Morgan fingerprint density at radius 3 is 2.38 bits per heavy atom. The van der Waals surface area contributed by atoms with Gasteiger partial charge in [-0.25, -0.2) is 17.8 Å². The van der Waals surface area contributed by atoms with E-state index in [2.05, 4.69) is 20.4 Å². The Morgan fingerprint density at radius 2 is 1.84 bits per heavy atom. The van der Waals surface area contributed by atoms with Gasteiger partial charge in [0.05, 0.1) is 23.1 Å². The number of carbonyl (C=O) groups excluding carboxylic acids is 2. The molecule has 1 aliphatic carbocycles. The molecule has 2 amide bonds. The highest BCUT2D eigenvalue weighted by Gasteiger charge is 2.46. The SMILES string of the molecule is CNC(=O)C1CC(O)CN1C(=O)[C@@H](n1cc(C(C)(C)NS(=O)(=O)C2CC2)nn1)C(C)(C)C. The topological polar surface area (TPSA) is 147 Å². The predicted molar refractivity (Wildman–Crippen MR) is 117 cm³/mol. The fraction of sp³-hybridized carbons (Fsp3) is 0.800. The minimum atomic E-state index is -3.46. The Kier molecular flexibility index (Phi) is 6.44. The minimum absolute atomic E-state index is 0.0533. The number of nitrogens with zero attached hydrogens (tertiary/aromatic N) is 4. The summed E-state index contributed by atoms with van der Waals surface area (Å²) in [5.41, 5.74) is -1.23. The zero-order valence-corrected chi connectivity index (χ0v) is 20.3. The summed E-state index contributed by atoms with van der Waals surface area (Å²) in [5.74, 6) is -0.687. The Balaban J connectivity index is 1.90. The Labute approximate surface area is 189 Å². The van der Waals surface area contributed by atoms with Crippen molar-refractivity contribution in [3.63, 3.8) is 0 Å². The smallest absolute Gasteiger partial charge is 0.248 e. The molecule has 32 heavy (non-hydrogen) atoms. The van der Waals surface area contributed by atoms with Gasteiger partial charge in [-0.05, 0) is 32.1 Å². The van der Waals surface area contributed by atoms with E-state index in [-0.39, 0.29) is 30.0 Å². The van der Waals surface area contributed by atoms with Gasteiger partial charge in [0.25, 0.3) is 0 Å². The number of likely N-dealkylation sites (N-methyl/N-ethyl adjacent to an activating group) is 1. The molecule has 3 rings (SSSR count). The number of rotatable bonds is 7. The largest absolute Gasteiger partial charge is 0.391 e. The first kappa shape index (κ1) is 24.6. The van der Waals surface area contributed by atoms with Crippen molar-refractivity contribution in [2.75, 3.05) is 13.6 Å². The Morgan fingerprint density at radius 1 is 1.22 bits per heavy atom. The molecule has 0 spiro atoms. The van der Waals surface area contributed by atoms with Crippen molar-refractivity contribution >= 4 is 21.8 Å². The lowest BCUT2D eigenvalue weighted by atomic mass is 9.85. The van der Waals surface area contributed by atoms with Crippen LogP contribution in [0.25, 0.3) is 0 Å². The molecule has 0 aromatic carbocycles. The van der Waals surface area contributed by atoms with E-state index >= 15 is 0 Å². The fourth-order valence-corrected chi connectivity index (χ4v) is 5.81. The number of carbonyl (C=O) groups is 2. The van der Waals surface area contributed by atoms with Crippen LogP contribution in [-0.4, -0.2) is 76.2 Å². The van der Waals surface area contributed by atoms with Crippen LogP contribution in [0.4, 0.5) is 0 Å². The van der Waals surface area contributed by atoms with Gasteiger partial charge in [-0.3, -0.25) is 9.59 Å². The van der Waals surface area contributed by atoms with Crippen LogP contribution < -0.4 is 10.0 Å². The van der Waals surface area contributed by atoms with Crippen LogP contribution in [0.2, 0.25) is 0 Å². The molecule has 3 atom stereocenters. The summed E-state index contributed by atoms with van der Waals surface area (Å²) in [7, 11) is -1.97. The van der Waals surface area contributed by atoms with Crippen molar-refractivity contribution in [3.05, 3.63) is 11.9 Å². The summed E-state index contributed by atoms with van der Waals surface area (Å²) in [6.07, 6.45) is 2.24. The minimum Gasteiger partial charge on any atom is -0.391 e. The van der Waals surface area contributed by atoms with Crippen LogP contribution >= 0.6 is 0 Å². The zero-order chi connectivity index (χ0) is 24.1. The van der Waals surface area contributed by atoms with Gasteiger partial charge in [0.2, 0.25) is 21.8 Å². The number of hydrogen-bond acceptors (Lipinski definition) is 7. The first-order chi connectivity index (χ1) is 14.7. The highest BCUT2D eigenvalue weighted by atomic mass is 32.2. The van der Waals surface area contributed by atoms with Gasteiger partial charge in [-0.1, -0.05) is 26.0 Å². The van der Waals surface area contributed by atoms with E-state index in [1.54, 1.807) is 20.0 Å². The summed E-state index contributed by atoms with van der Waals surface area (Å²) >= 11 is 0. The molecule has 0 radical (unpaired) electrons. The normalized spacial score (nSPS) is 23.3. The van der Waals surface area contributed by atoms with E-state index < -0.39 is 39.2 Å². The number of aromatic nitrogens is 3. The van der Waals surface area contributed by atoms with Gasteiger partial charge in [0, 0.05) is 20.0 Å². The van der Waals surface area contributed by atoms with E-state index in [9.17, 15) is 23.1 Å². The number of β-amino-alcohol motifs (C(OH)–C–C–N with tert-alkyl or cyclic N) is 1. The third-order valence-corrected chi connectivity index (χ3v) is 8.09. The molecule has 1 aromatic rings. The van der Waals surface area contributed by atoms with Crippen LogP contribution in [0.15, 0.2) is 6.20 Å². The molecule has 11 nitrogen and oxygen atoms in total. The van der Waals surface area contributed by atoms with Crippen LogP contribution in [0.3, 0.4) is 0 Å². The maximum absolute atomic E-state index is 13.6. The Hall–Kier alpha value is -2.05. The van der Waals surface area contributed by atoms with Crippen molar-refractivity contribution in [2.45, 2.75) is 82.9 Å².